The van der Waals surface area contributed by atoms with Gasteiger partial charge in [-0.3, -0.25) is 23.4 Å². The van der Waals surface area contributed by atoms with Crippen LogP contribution in [0.1, 0.15) is 188 Å². The highest BCUT2D eigenvalue weighted by molar-refractivity contribution is 7.47. The van der Waals surface area contributed by atoms with Crippen LogP contribution in [0.25, 0.3) is 0 Å². The lowest BCUT2D eigenvalue weighted by Crippen LogP contribution is -2.30. The molecule has 0 heterocycles. The van der Waals surface area contributed by atoms with E-state index in [-0.39, 0.29) is 19.3 Å². The fourth-order valence-electron chi connectivity index (χ4n) is 6.95. The van der Waals surface area contributed by atoms with Crippen molar-refractivity contribution in [1.82, 2.24) is 0 Å². The third-order valence-corrected chi connectivity index (χ3v) is 12.3. The minimum absolute atomic E-state index is 0.0211. The van der Waals surface area contributed by atoms with Gasteiger partial charge in [-0.2, -0.15) is 0 Å². The summed E-state index contributed by atoms with van der Waals surface area (Å²) < 4.78 is 39.4. The van der Waals surface area contributed by atoms with Gasteiger partial charge in [0.1, 0.15) is 12.7 Å². The topological polar surface area (TPSA) is 155 Å². The summed E-state index contributed by atoms with van der Waals surface area (Å²) in [6, 6.07) is 0. The molecule has 3 atom stereocenters. The number of hydrogen-bond acceptors (Lipinski definition) is 10. The maximum Gasteiger partial charge on any atom is 0.472 e. The second kappa shape index (κ2) is 59.7. The molecule has 11 nitrogen and oxygen atoms in total. The van der Waals surface area contributed by atoms with Crippen molar-refractivity contribution < 1.29 is 52.2 Å². The normalized spacial score (nSPS) is 14.6. The fourth-order valence-corrected chi connectivity index (χ4v) is 7.73. The Bertz CT molecular complexity index is 2040. The van der Waals surface area contributed by atoms with Crippen molar-refractivity contribution in [2.45, 2.75) is 200 Å². The molecule has 0 fully saturated rings. The van der Waals surface area contributed by atoms with Gasteiger partial charge in [-0.25, -0.2) is 4.57 Å². The molecule has 0 aliphatic heterocycles. The van der Waals surface area contributed by atoms with Crippen molar-refractivity contribution in [3.8, 4) is 0 Å². The van der Waals surface area contributed by atoms with E-state index < -0.39 is 64.4 Å². The Morgan fingerprint density at radius 1 is 0.350 bits per heavy atom. The zero-order valence-electron chi connectivity index (χ0n) is 49.2. The van der Waals surface area contributed by atoms with E-state index in [9.17, 15) is 28.9 Å². The van der Waals surface area contributed by atoms with E-state index in [1.165, 1.54) is 0 Å². The summed E-state index contributed by atoms with van der Waals surface area (Å²) in [7, 11) is -4.81. The third kappa shape index (κ3) is 57.3. The monoisotopic (exact) mass is 1130 g/mol. The fraction of sp³-hybridized carbons (Fsp3) is 0.515. The number of phosphoric ester groups is 1. The van der Waals surface area contributed by atoms with Crippen molar-refractivity contribution in [2.75, 3.05) is 26.4 Å². The summed E-state index contributed by atoms with van der Waals surface area (Å²) >= 11 is 0. The summed E-state index contributed by atoms with van der Waals surface area (Å²) in [5.74, 6) is -1.70. The van der Waals surface area contributed by atoms with Crippen LogP contribution in [0.2, 0.25) is 0 Å². The molecule has 0 aromatic rings. The van der Waals surface area contributed by atoms with Gasteiger partial charge in [0.2, 0.25) is 0 Å². The van der Waals surface area contributed by atoms with Crippen molar-refractivity contribution >= 4 is 25.7 Å². The molecule has 12 heteroatoms. The maximum atomic E-state index is 12.9. The van der Waals surface area contributed by atoms with E-state index in [0.29, 0.717) is 32.1 Å². The Kier molecular flexibility index (Phi) is 55.7. The van der Waals surface area contributed by atoms with Crippen LogP contribution in [0.15, 0.2) is 182 Å². The molecule has 3 unspecified atom stereocenters. The molecule has 0 aliphatic rings. The van der Waals surface area contributed by atoms with Gasteiger partial charge in [0, 0.05) is 19.3 Å². The van der Waals surface area contributed by atoms with Crippen LogP contribution in [-0.2, 0) is 42.2 Å². The van der Waals surface area contributed by atoms with Crippen LogP contribution >= 0.6 is 7.82 Å². The number of unbranched alkanes of at least 4 members (excludes halogenated alkanes) is 5. The van der Waals surface area contributed by atoms with E-state index in [0.717, 1.165) is 116 Å². The van der Waals surface area contributed by atoms with E-state index >= 15 is 0 Å². The zero-order valence-corrected chi connectivity index (χ0v) is 50.1. The Labute approximate surface area is 484 Å². The summed E-state index contributed by atoms with van der Waals surface area (Å²) in [4.78, 5) is 48.6. The molecule has 80 heavy (non-hydrogen) atoms. The van der Waals surface area contributed by atoms with Crippen LogP contribution < -0.4 is 0 Å². The third-order valence-electron chi connectivity index (χ3n) is 11.3. The van der Waals surface area contributed by atoms with Crippen LogP contribution in [0, 0.1) is 0 Å². The predicted octanol–water partition coefficient (Wildman–Crippen LogP) is 18.0. The summed E-state index contributed by atoms with van der Waals surface area (Å²) in [5, 5.41) is 9.82. The molecule has 0 rings (SSSR count). The lowest BCUT2D eigenvalue weighted by molar-refractivity contribution is -0.161. The van der Waals surface area contributed by atoms with Crippen molar-refractivity contribution in [2.24, 2.45) is 0 Å². The second-order valence-electron chi connectivity index (χ2n) is 18.7. The average Bonchev–Trinajstić information content (AvgIpc) is 3.45. The second-order valence-corrected chi connectivity index (χ2v) is 20.1. The quantitative estimate of drug-likeness (QED) is 0.0197. The average molecular weight is 1130 g/mol. The number of allylic oxidation sites excluding steroid dienone is 30. The van der Waals surface area contributed by atoms with Gasteiger partial charge >= 0.3 is 25.7 Å². The Morgan fingerprint density at radius 3 is 0.988 bits per heavy atom. The van der Waals surface area contributed by atoms with Crippen molar-refractivity contribution in [1.29, 1.82) is 0 Å². The minimum atomic E-state index is -4.81. The SMILES string of the molecule is CC/C=C\C/C=C\C/C=C\C/C=C\C/C=C\C/C=C\CCC(=O)OC(CO)COP(=O)(O)OCC(COC(=O)CCCCCCC/C=C\C/C=C\C/C=C\CC)OC(=O)CC/C=C\C/C=C\C/C=C\C/C=C\C/C=C\C/C=C\CC. The van der Waals surface area contributed by atoms with Crippen LogP contribution in [-0.4, -0.2) is 66.5 Å². The molecule has 0 saturated carbocycles. The summed E-state index contributed by atoms with van der Waals surface area (Å²) in [6.45, 7) is 4.08. The number of carbonyl (C=O) groups excluding carboxylic acids is 3. The van der Waals surface area contributed by atoms with E-state index in [1.54, 1.807) is 0 Å². The van der Waals surface area contributed by atoms with Gasteiger partial charge in [0.05, 0.1) is 19.8 Å². The molecule has 0 aliphatic carbocycles. The lowest BCUT2D eigenvalue weighted by atomic mass is 10.1. The smallest absolute Gasteiger partial charge is 0.462 e. The van der Waals surface area contributed by atoms with Crippen molar-refractivity contribution in [3.05, 3.63) is 182 Å². The minimum Gasteiger partial charge on any atom is -0.462 e. The van der Waals surface area contributed by atoms with E-state index in [4.69, 9.17) is 23.3 Å². The number of aliphatic hydroxyl groups excluding tert-OH is 1. The Morgan fingerprint density at radius 2 is 0.637 bits per heavy atom. The number of phosphoric acid groups is 1. The molecule has 0 amide bonds. The van der Waals surface area contributed by atoms with E-state index in [1.807, 2.05) is 30.4 Å². The van der Waals surface area contributed by atoms with Gasteiger partial charge in [-0.1, -0.05) is 222 Å². The molecule has 0 aromatic heterocycles. The molecule has 2 N–H and O–H groups in total. The number of ether oxygens (including phenoxy) is 3. The van der Waals surface area contributed by atoms with Crippen LogP contribution in [0.4, 0.5) is 0 Å². The van der Waals surface area contributed by atoms with Crippen LogP contribution in [0.3, 0.4) is 0 Å². The van der Waals surface area contributed by atoms with E-state index in [2.05, 4.69) is 173 Å². The van der Waals surface area contributed by atoms with Gasteiger partial charge in [0.15, 0.2) is 6.10 Å². The lowest BCUT2D eigenvalue weighted by Gasteiger charge is -2.21. The first-order chi connectivity index (χ1) is 39.2. The van der Waals surface area contributed by atoms with Crippen molar-refractivity contribution in [3.63, 3.8) is 0 Å². The summed E-state index contributed by atoms with van der Waals surface area (Å²) in [5.41, 5.74) is 0. The first-order valence-corrected chi connectivity index (χ1v) is 31.2. The largest absolute Gasteiger partial charge is 0.472 e. The highest BCUT2D eigenvalue weighted by Gasteiger charge is 2.28. The Balaban J connectivity index is 4.94. The number of rotatable bonds is 52. The molecule has 0 radical (unpaired) electrons. The Hall–Kier alpha value is -5.42. The number of carbonyl (C=O) groups is 3. The van der Waals surface area contributed by atoms with Gasteiger partial charge in [0.25, 0.3) is 0 Å². The van der Waals surface area contributed by atoms with Crippen LogP contribution in [0.5, 0.6) is 0 Å². The summed E-state index contributed by atoms with van der Waals surface area (Å²) in [6.07, 6.45) is 81.6. The molecule has 0 bridgehead atoms. The molecule has 0 spiro atoms. The maximum absolute atomic E-state index is 12.9. The molecular weight excluding hydrogens is 1020 g/mol. The number of hydrogen-bond donors (Lipinski definition) is 2. The predicted molar refractivity (Wildman–Crippen MR) is 334 cm³/mol. The van der Waals surface area contributed by atoms with Gasteiger partial charge < -0.3 is 24.2 Å². The molecule has 0 saturated heterocycles. The van der Waals surface area contributed by atoms with Gasteiger partial charge in [-0.05, 0) is 128 Å². The van der Waals surface area contributed by atoms with Gasteiger partial charge in [-0.15, -0.1) is 0 Å². The first kappa shape index (κ1) is 74.6. The highest BCUT2D eigenvalue weighted by atomic mass is 31.2. The zero-order chi connectivity index (χ0) is 58.3. The standard InChI is InChI=1S/C68H103O11P/c1-4-7-10-13-16-19-22-25-28-30-32-34-37-40-43-46-49-52-55-58-67(71)78-64(60-69)62-76-80(73,74)77-63-65(61-75-66(70)57-54-51-48-45-42-39-36-27-24-21-18-15-12-9-6-3)79-68(72)59-56-53-50-47-44-41-38-35-33-31-29-26-23-20-17-14-11-8-5-2/h7-12,16-21,25-29,32-36,40-41,43-44,49-50,52-53,64-65,69H,4-6,13-15,22-24,30-31,37-39,42,45-48,51,54-63H2,1-3H3,(H,73,74)/b10-7-,11-8-,12-9-,19-16-,20-17-,21-18-,28-25-,29-26-,34-32-,35-33-,36-27-,43-40-,44-41-,52-49-,53-50-. The highest BCUT2D eigenvalue weighted by Crippen LogP contribution is 2.43. The number of esters is 3. The molecular formula is C68H103O11P. The first-order valence-electron chi connectivity index (χ1n) is 29.7. The molecule has 0 aromatic carbocycles. The number of aliphatic hydroxyl groups is 1. The molecule has 446 valence electrons.